The number of carbonyl (C=O) groups is 2. The highest BCUT2D eigenvalue weighted by molar-refractivity contribution is 6.00. The smallest absolute Gasteiger partial charge is 0.228 e. The molecule has 1 fully saturated rings. The van der Waals surface area contributed by atoms with Gasteiger partial charge < -0.3 is 10.6 Å². The Morgan fingerprint density at radius 2 is 1.70 bits per heavy atom. The molecule has 0 heterocycles. The van der Waals surface area contributed by atoms with Crippen LogP contribution in [0.5, 0.6) is 0 Å². The average molecular weight is 364 g/mol. The predicted molar refractivity (Wildman–Crippen MR) is 108 cm³/mol. The summed E-state index contributed by atoms with van der Waals surface area (Å²) in [6.07, 6.45) is 0.614. The molecule has 0 aromatic heterocycles. The van der Waals surface area contributed by atoms with Gasteiger partial charge in [-0.2, -0.15) is 0 Å². The first-order valence-electron chi connectivity index (χ1n) is 9.49. The van der Waals surface area contributed by atoms with Crippen LogP contribution in [0.3, 0.4) is 0 Å². The van der Waals surface area contributed by atoms with Crippen molar-refractivity contribution in [2.45, 2.75) is 46.1 Å². The number of amides is 2. The number of para-hydroxylation sites is 1. The first-order valence-corrected chi connectivity index (χ1v) is 9.49. The molecule has 4 nitrogen and oxygen atoms in total. The quantitative estimate of drug-likeness (QED) is 0.836. The topological polar surface area (TPSA) is 58.2 Å². The van der Waals surface area contributed by atoms with Crippen molar-refractivity contribution >= 4 is 17.5 Å². The number of hydrogen-bond acceptors (Lipinski definition) is 2. The van der Waals surface area contributed by atoms with Gasteiger partial charge in [0, 0.05) is 12.2 Å². The maximum Gasteiger partial charge on any atom is 0.228 e. The summed E-state index contributed by atoms with van der Waals surface area (Å²) >= 11 is 0. The third kappa shape index (κ3) is 4.76. The van der Waals surface area contributed by atoms with Crippen LogP contribution in [-0.2, 0) is 21.5 Å². The highest BCUT2D eigenvalue weighted by atomic mass is 16.2. The van der Waals surface area contributed by atoms with Crippen LogP contribution >= 0.6 is 0 Å². The summed E-state index contributed by atoms with van der Waals surface area (Å²) in [6, 6.07) is 15.9. The number of aryl methyl sites for hydroxylation is 1. The number of hydrogen-bond donors (Lipinski definition) is 2. The number of benzene rings is 2. The average Bonchev–Trinajstić information content (AvgIpc) is 3.40. The second-order valence-corrected chi connectivity index (χ2v) is 8.44. The van der Waals surface area contributed by atoms with Gasteiger partial charge in [-0.25, -0.2) is 0 Å². The molecule has 0 aliphatic heterocycles. The molecule has 2 amide bonds. The summed E-state index contributed by atoms with van der Waals surface area (Å²) in [6.45, 7) is 8.89. The van der Waals surface area contributed by atoms with Crippen LogP contribution in [0.4, 0.5) is 5.69 Å². The van der Waals surface area contributed by atoms with Gasteiger partial charge in [0.2, 0.25) is 11.8 Å². The van der Waals surface area contributed by atoms with E-state index in [1.807, 2.05) is 49.4 Å². The Bertz CT molecular complexity index is 851. The van der Waals surface area contributed by atoms with Crippen molar-refractivity contribution < 1.29 is 9.59 Å². The van der Waals surface area contributed by atoms with Crippen molar-refractivity contribution in [2.24, 2.45) is 11.8 Å². The van der Waals surface area contributed by atoms with Crippen LogP contribution in [0.25, 0.3) is 0 Å². The molecule has 1 saturated carbocycles. The fraction of sp³-hybridized carbons (Fsp3) is 0.391. The molecule has 3 rings (SSSR count). The molecule has 142 valence electrons. The number of anilines is 1. The molecule has 0 spiro atoms. The minimum absolute atomic E-state index is 0.0410. The largest absolute Gasteiger partial charge is 0.352 e. The Labute approximate surface area is 161 Å². The summed E-state index contributed by atoms with van der Waals surface area (Å²) in [5, 5.41) is 5.98. The second kappa shape index (κ2) is 7.55. The zero-order chi connectivity index (χ0) is 19.6. The maximum atomic E-state index is 12.6. The van der Waals surface area contributed by atoms with Crippen molar-refractivity contribution in [1.82, 2.24) is 5.32 Å². The van der Waals surface area contributed by atoms with Crippen molar-refractivity contribution in [3.05, 3.63) is 65.2 Å². The van der Waals surface area contributed by atoms with Gasteiger partial charge in [-0.1, -0.05) is 68.8 Å². The Balaban J connectivity index is 1.56. The molecule has 1 aliphatic rings. The van der Waals surface area contributed by atoms with E-state index in [2.05, 4.69) is 37.5 Å². The minimum Gasteiger partial charge on any atom is -0.352 e. The first kappa shape index (κ1) is 19.2. The molecular weight excluding hydrogens is 336 g/mol. The molecule has 2 atom stereocenters. The third-order valence-electron chi connectivity index (χ3n) is 5.01. The highest BCUT2D eigenvalue weighted by Gasteiger charge is 2.48. The van der Waals surface area contributed by atoms with Crippen molar-refractivity contribution in [1.29, 1.82) is 0 Å². The molecule has 2 aromatic carbocycles. The molecule has 2 aromatic rings. The van der Waals surface area contributed by atoms with Gasteiger partial charge in [-0.15, -0.1) is 0 Å². The second-order valence-electron chi connectivity index (χ2n) is 8.44. The molecule has 2 N–H and O–H groups in total. The van der Waals surface area contributed by atoms with Gasteiger partial charge in [-0.05, 0) is 36.0 Å². The molecule has 0 bridgehead atoms. The third-order valence-corrected chi connectivity index (χ3v) is 5.01. The first-order chi connectivity index (χ1) is 12.8. The summed E-state index contributed by atoms with van der Waals surface area (Å²) in [5.74, 6) is -0.574. The summed E-state index contributed by atoms with van der Waals surface area (Å²) < 4.78 is 0. The van der Waals surface area contributed by atoms with E-state index in [0.29, 0.717) is 13.0 Å². The normalized spacial score (nSPS) is 18.7. The summed E-state index contributed by atoms with van der Waals surface area (Å²) in [7, 11) is 0. The molecule has 1 aliphatic carbocycles. The van der Waals surface area contributed by atoms with Crippen LogP contribution in [-0.4, -0.2) is 11.8 Å². The van der Waals surface area contributed by atoms with Crippen LogP contribution in [0, 0.1) is 18.8 Å². The number of carbonyl (C=O) groups excluding carboxylic acids is 2. The van der Waals surface area contributed by atoms with Gasteiger partial charge in [0.05, 0.1) is 11.8 Å². The Morgan fingerprint density at radius 3 is 2.41 bits per heavy atom. The zero-order valence-corrected chi connectivity index (χ0v) is 16.5. The van der Waals surface area contributed by atoms with Gasteiger partial charge in [0.1, 0.15) is 0 Å². The zero-order valence-electron chi connectivity index (χ0n) is 16.5. The lowest BCUT2D eigenvalue weighted by Gasteiger charge is -2.23. The highest BCUT2D eigenvalue weighted by Crippen LogP contribution is 2.40. The van der Waals surface area contributed by atoms with Crippen LogP contribution < -0.4 is 10.6 Å². The summed E-state index contributed by atoms with van der Waals surface area (Å²) in [4.78, 5) is 25.0. The molecule has 0 saturated heterocycles. The van der Waals surface area contributed by atoms with E-state index in [1.54, 1.807) is 0 Å². The maximum absolute atomic E-state index is 12.6. The number of rotatable bonds is 5. The lowest BCUT2D eigenvalue weighted by Crippen LogP contribution is -2.27. The fourth-order valence-electron chi connectivity index (χ4n) is 3.39. The lowest BCUT2D eigenvalue weighted by atomic mass is 9.86. The van der Waals surface area contributed by atoms with E-state index in [-0.39, 0.29) is 29.1 Å². The SMILES string of the molecule is Cc1cccc(CNC(=O)C2CC2C(=O)Nc2ccccc2C(C)(C)C)c1. The van der Waals surface area contributed by atoms with E-state index in [1.165, 1.54) is 5.56 Å². The van der Waals surface area contributed by atoms with E-state index in [0.717, 1.165) is 16.8 Å². The van der Waals surface area contributed by atoms with Crippen molar-refractivity contribution in [3.8, 4) is 0 Å². The Hall–Kier alpha value is -2.62. The van der Waals surface area contributed by atoms with Gasteiger partial charge >= 0.3 is 0 Å². The van der Waals surface area contributed by atoms with Crippen LogP contribution in [0.2, 0.25) is 0 Å². The molecule has 27 heavy (non-hydrogen) atoms. The molecule has 2 unspecified atom stereocenters. The van der Waals surface area contributed by atoms with E-state index in [9.17, 15) is 9.59 Å². The van der Waals surface area contributed by atoms with E-state index in [4.69, 9.17) is 0 Å². The van der Waals surface area contributed by atoms with Crippen molar-refractivity contribution in [3.63, 3.8) is 0 Å². The van der Waals surface area contributed by atoms with E-state index >= 15 is 0 Å². The van der Waals surface area contributed by atoms with E-state index < -0.39 is 0 Å². The molecular formula is C23H28N2O2. The van der Waals surface area contributed by atoms with Gasteiger partial charge in [-0.3, -0.25) is 9.59 Å². The predicted octanol–water partition coefficient (Wildman–Crippen LogP) is 4.18. The summed E-state index contributed by atoms with van der Waals surface area (Å²) in [5.41, 5.74) is 4.12. The van der Waals surface area contributed by atoms with Gasteiger partial charge in [0.25, 0.3) is 0 Å². The Morgan fingerprint density at radius 1 is 1.00 bits per heavy atom. The molecule has 4 heteroatoms. The van der Waals surface area contributed by atoms with Gasteiger partial charge in [0.15, 0.2) is 0 Å². The standard InChI is InChI=1S/C23H28N2O2/c1-15-8-7-9-16(12-15)14-24-21(26)17-13-18(17)22(27)25-20-11-6-5-10-19(20)23(2,3)4/h5-12,17-18H,13-14H2,1-4H3,(H,24,26)(H,25,27). The fourth-order valence-corrected chi connectivity index (χ4v) is 3.39. The number of nitrogens with one attached hydrogen (secondary N) is 2. The van der Waals surface area contributed by atoms with Crippen molar-refractivity contribution in [2.75, 3.05) is 5.32 Å². The Kier molecular flexibility index (Phi) is 5.36. The minimum atomic E-state index is -0.240. The van der Waals surface area contributed by atoms with Crippen LogP contribution in [0.1, 0.15) is 43.9 Å². The molecule has 0 radical (unpaired) electrons. The lowest BCUT2D eigenvalue weighted by molar-refractivity contribution is -0.125. The van der Waals surface area contributed by atoms with Crippen LogP contribution in [0.15, 0.2) is 48.5 Å². The monoisotopic (exact) mass is 364 g/mol.